The summed E-state index contributed by atoms with van der Waals surface area (Å²) in [5.74, 6) is 5.61. The van der Waals surface area contributed by atoms with E-state index in [0.717, 1.165) is 17.8 Å². The summed E-state index contributed by atoms with van der Waals surface area (Å²) in [5, 5.41) is 6.75. The van der Waals surface area contributed by atoms with Crippen LogP contribution in [0.3, 0.4) is 0 Å². The normalized spacial score (nSPS) is 9.44. The molecule has 0 aliphatic heterocycles. The van der Waals surface area contributed by atoms with Crippen LogP contribution in [-0.4, -0.2) is 28.8 Å². The molecule has 0 radical (unpaired) electrons. The molecule has 0 atom stereocenters. The zero-order valence-electron chi connectivity index (χ0n) is 9.58. The quantitative estimate of drug-likeness (QED) is 0.683. The first kappa shape index (κ1) is 12.3. The van der Waals surface area contributed by atoms with Crippen molar-refractivity contribution in [2.45, 2.75) is 20.4 Å². The molecule has 0 fully saturated rings. The van der Waals surface area contributed by atoms with Crippen molar-refractivity contribution in [2.75, 3.05) is 13.1 Å². The number of nitrogens with two attached hydrogens (primary N) is 1. The lowest BCUT2D eigenvalue weighted by Crippen LogP contribution is -2.30. The van der Waals surface area contributed by atoms with Gasteiger partial charge in [-0.2, -0.15) is 5.10 Å². The third-order valence-electron chi connectivity index (χ3n) is 2.19. The molecule has 1 heterocycles. The predicted octanol–water partition coefficient (Wildman–Crippen LogP) is -0.362. The number of nitrogens with zero attached hydrogens (tertiary/aromatic N) is 2. The van der Waals surface area contributed by atoms with Gasteiger partial charge in [-0.05, 0) is 13.8 Å². The molecule has 0 bridgehead atoms. The third-order valence-corrected chi connectivity index (χ3v) is 2.19. The van der Waals surface area contributed by atoms with Gasteiger partial charge in [-0.15, -0.1) is 0 Å². The summed E-state index contributed by atoms with van der Waals surface area (Å²) < 4.78 is 1.88. The van der Waals surface area contributed by atoms with Crippen molar-refractivity contribution in [2.24, 2.45) is 5.73 Å². The highest BCUT2D eigenvalue weighted by molar-refractivity contribution is 5.77. The molecular weight excluding hydrogens is 204 g/mol. The van der Waals surface area contributed by atoms with Crippen LogP contribution >= 0.6 is 0 Å². The molecule has 0 saturated carbocycles. The van der Waals surface area contributed by atoms with Crippen LogP contribution in [0.1, 0.15) is 18.2 Å². The number of aryl methyl sites for hydroxylation is 1. The van der Waals surface area contributed by atoms with Crippen LogP contribution in [0.5, 0.6) is 0 Å². The largest absolute Gasteiger partial charge is 0.344 e. The van der Waals surface area contributed by atoms with Gasteiger partial charge >= 0.3 is 0 Å². The third kappa shape index (κ3) is 3.11. The van der Waals surface area contributed by atoms with Gasteiger partial charge in [0.05, 0.1) is 30.5 Å². The van der Waals surface area contributed by atoms with Crippen molar-refractivity contribution >= 4 is 5.91 Å². The first-order valence-corrected chi connectivity index (χ1v) is 5.17. The van der Waals surface area contributed by atoms with Crippen molar-refractivity contribution in [1.82, 2.24) is 15.1 Å². The van der Waals surface area contributed by atoms with Crippen molar-refractivity contribution < 1.29 is 4.79 Å². The molecule has 3 N–H and O–H groups in total. The second-order valence-corrected chi connectivity index (χ2v) is 3.24. The van der Waals surface area contributed by atoms with Gasteiger partial charge in [0.1, 0.15) is 0 Å². The predicted molar refractivity (Wildman–Crippen MR) is 61.6 cm³/mol. The number of carbonyl (C=O) groups is 1. The summed E-state index contributed by atoms with van der Waals surface area (Å²) >= 11 is 0. The molecule has 1 aromatic rings. The van der Waals surface area contributed by atoms with Crippen LogP contribution < -0.4 is 11.1 Å². The van der Waals surface area contributed by atoms with E-state index in [0.29, 0.717) is 6.54 Å². The fourth-order valence-corrected chi connectivity index (χ4v) is 1.24. The Morgan fingerprint density at radius 2 is 2.44 bits per heavy atom. The van der Waals surface area contributed by atoms with Crippen LogP contribution in [0.15, 0.2) is 6.20 Å². The molecule has 0 aliphatic rings. The maximum atomic E-state index is 10.8. The summed E-state index contributed by atoms with van der Waals surface area (Å²) in [7, 11) is 0. The summed E-state index contributed by atoms with van der Waals surface area (Å²) in [6.07, 6.45) is 1.73. The van der Waals surface area contributed by atoms with Gasteiger partial charge in [0.25, 0.3) is 0 Å². The number of carbonyl (C=O) groups excluding carboxylic acids is 1. The number of rotatable bonds is 3. The monoisotopic (exact) mass is 220 g/mol. The molecule has 16 heavy (non-hydrogen) atoms. The summed E-state index contributed by atoms with van der Waals surface area (Å²) in [4.78, 5) is 10.8. The fourth-order valence-electron chi connectivity index (χ4n) is 1.24. The van der Waals surface area contributed by atoms with Gasteiger partial charge < -0.3 is 11.1 Å². The van der Waals surface area contributed by atoms with Gasteiger partial charge in [-0.3, -0.25) is 9.48 Å². The maximum absolute atomic E-state index is 10.8. The Kier molecular flexibility index (Phi) is 4.55. The average Bonchev–Trinajstić information content (AvgIpc) is 2.65. The maximum Gasteiger partial charge on any atom is 0.234 e. The standard InChI is InChI=1S/C11H16N4O/c1-3-15-9(2)10(8-14-15)5-4-6-13-11(16)7-12/h8H,3,6-7,12H2,1-2H3,(H,13,16). The van der Waals surface area contributed by atoms with Crippen LogP contribution in [-0.2, 0) is 11.3 Å². The minimum absolute atomic E-state index is 0.00548. The van der Waals surface area contributed by atoms with Gasteiger partial charge in [-0.25, -0.2) is 0 Å². The molecule has 86 valence electrons. The van der Waals surface area contributed by atoms with E-state index in [1.165, 1.54) is 0 Å². The fraction of sp³-hybridized carbons (Fsp3) is 0.455. The Morgan fingerprint density at radius 1 is 1.69 bits per heavy atom. The Bertz CT molecular complexity index is 425. The Morgan fingerprint density at radius 3 is 3.00 bits per heavy atom. The van der Waals surface area contributed by atoms with Crippen molar-refractivity contribution in [1.29, 1.82) is 0 Å². The number of hydrogen-bond donors (Lipinski definition) is 2. The highest BCUT2D eigenvalue weighted by Gasteiger charge is 2.00. The molecule has 1 rings (SSSR count). The molecule has 0 spiro atoms. The van der Waals surface area contributed by atoms with E-state index in [-0.39, 0.29) is 12.5 Å². The first-order valence-electron chi connectivity index (χ1n) is 5.17. The molecule has 0 aliphatic carbocycles. The lowest BCUT2D eigenvalue weighted by Gasteiger charge is -1.97. The van der Waals surface area contributed by atoms with E-state index < -0.39 is 0 Å². The molecule has 5 nitrogen and oxygen atoms in total. The number of nitrogens with one attached hydrogen (secondary N) is 1. The van der Waals surface area contributed by atoms with E-state index in [2.05, 4.69) is 22.3 Å². The van der Waals surface area contributed by atoms with Crippen LogP contribution in [0.2, 0.25) is 0 Å². The first-order chi connectivity index (χ1) is 7.69. The minimum atomic E-state index is -0.199. The van der Waals surface area contributed by atoms with Gasteiger partial charge in [0.15, 0.2) is 0 Å². The van der Waals surface area contributed by atoms with Crippen LogP contribution in [0.25, 0.3) is 0 Å². The summed E-state index contributed by atoms with van der Waals surface area (Å²) in [6.45, 7) is 5.14. The Hall–Kier alpha value is -1.80. The highest BCUT2D eigenvalue weighted by Crippen LogP contribution is 2.04. The van der Waals surface area contributed by atoms with Crippen molar-refractivity contribution in [3.8, 4) is 11.8 Å². The zero-order valence-corrected chi connectivity index (χ0v) is 9.58. The number of amides is 1. The van der Waals surface area contributed by atoms with E-state index in [4.69, 9.17) is 5.73 Å². The summed E-state index contributed by atoms with van der Waals surface area (Å²) in [5.41, 5.74) is 7.07. The topological polar surface area (TPSA) is 72.9 Å². The lowest BCUT2D eigenvalue weighted by atomic mass is 10.2. The minimum Gasteiger partial charge on any atom is -0.344 e. The number of hydrogen-bond acceptors (Lipinski definition) is 3. The van der Waals surface area contributed by atoms with E-state index in [1.54, 1.807) is 6.20 Å². The summed E-state index contributed by atoms with van der Waals surface area (Å²) in [6, 6.07) is 0. The smallest absolute Gasteiger partial charge is 0.234 e. The molecular formula is C11H16N4O. The molecule has 0 saturated heterocycles. The van der Waals surface area contributed by atoms with Gasteiger partial charge in [0.2, 0.25) is 5.91 Å². The molecule has 1 aromatic heterocycles. The van der Waals surface area contributed by atoms with Crippen LogP contribution in [0, 0.1) is 18.8 Å². The van der Waals surface area contributed by atoms with E-state index in [9.17, 15) is 4.79 Å². The average molecular weight is 220 g/mol. The van der Waals surface area contributed by atoms with Crippen molar-refractivity contribution in [3.05, 3.63) is 17.5 Å². The van der Waals surface area contributed by atoms with E-state index >= 15 is 0 Å². The van der Waals surface area contributed by atoms with Crippen molar-refractivity contribution in [3.63, 3.8) is 0 Å². The number of aromatic nitrogens is 2. The van der Waals surface area contributed by atoms with Gasteiger partial charge in [-0.1, -0.05) is 11.8 Å². The zero-order chi connectivity index (χ0) is 12.0. The van der Waals surface area contributed by atoms with Crippen LogP contribution in [0.4, 0.5) is 0 Å². The molecule has 0 aromatic carbocycles. The Balaban J connectivity index is 2.56. The van der Waals surface area contributed by atoms with E-state index in [1.807, 2.05) is 18.5 Å². The SMILES string of the molecule is CCn1ncc(C#CCNC(=O)CN)c1C. The molecule has 5 heteroatoms. The molecule has 0 unspecified atom stereocenters. The highest BCUT2D eigenvalue weighted by atomic mass is 16.1. The van der Waals surface area contributed by atoms with Gasteiger partial charge in [0, 0.05) is 6.54 Å². The Labute approximate surface area is 95.0 Å². The lowest BCUT2D eigenvalue weighted by molar-refractivity contribution is -0.119. The molecule has 1 amide bonds. The second kappa shape index (κ2) is 5.93. The second-order valence-electron chi connectivity index (χ2n) is 3.24.